The number of aliphatic carboxylic acids is 2. The van der Waals surface area contributed by atoms with Crippen molar-refractivity contribution in [3.63, 3.8) is 0 Å². The average molecular weight is 1100 g/mol. The Labute approximate surface area is 462 Å². The number of carbonyl (C=O) groups is 2. The Morgan fingerprint density at radius 3 is 1.37 bits per heavy atom. The van der Waals surface area contributed by atoms with Crippen LogP contribution in [0.2, 0.25) is 0 Å². The quantitative estimate of drug-likeness (QED) is 0.0594. The second kappa shape index (κ2) is 28.1. The minimum atomic E-state index is -1.02. The monoisotopic (exact) mass is 1100 g/mol. The van der Waals surface area contributed by atoms with Gasteiger partial charge in [0.05, 0.1) is 117 Å². The molecule has 0 aliphatic carbocycles. The van der Waals surface area contributed by atoms with Crippen molar-refractivity contribution >= 4 is 11.9 Å². The Morgan fingerprint density at radius 2 is 0.908 bits per heavy atom. The number of rotatable bonds is 29. The zero-order valence-electron chi connectivity index (χ0n) is 46.7. The van der Waals surface area contributed by atoms with Crippen LogP contribution in [0.5, 0.6) is 57.5 Å². The molecule has 0 radical (unpaired) electrons. The molecule has 6 rings (SSSR count). The summed E-state index contributed by atoms with van der Waals surface area (Å²) in [5, 5.41) is 20.9. The third kappa shape index (κ3) is 13.7. The lowest BCUT2D eigenvalue weighted by Gasteiger charge is -2.47. The summed E-state index contributed by atoms with van der Waals surface area (Å²) in [5.41, 5.74) is 5.56. The van der Waals surface area contributed by atoms with Gasteiger partial charge < -0.3 is 91.4 Å². The molecule has 5 atom stereocenters. The standard InChI is InChI=1S/C58H80N2O14.2ClH/c1-59(27-20-39-32-45(65-3)47(67-5)36-42(39)44(59)29-38-30-49(69-7)55(73-11)50(31-38)70-8)25-17-23-58(57(63)64,22-16-14-13-15-19-53(61)62)24-18-26-60(2)28-21-40-33-46(66-4)48(68-6)37-43(40)54(60)41-34-51(71-9)56(74-12)52(35-41)72-10;;/h30-37,44,54H,13-29H2,1-12H3;2*1H/t44-,54+,58?,59+,60+;;/m1../s1. The van der Waals surface area contributed by atoms with Gasteiger partial charge in [0.1, 0.15) is 12.1 Å². The molecular formula is C58H82Cl2N2O14. The first-order chi connectivity index (χ1) is 35.5. The maximum atomic E-state index is 14.1. The van der Waals surface area contributed by atoms with E-state index < -0.39 is 17.4 Å². The zero-order chi connectivity index (χ0) is 53.8. The molecule has 0 spiro atoms. The highest BCUT2D eigenvalue weighted by Crippen LogP contribution is 2.50. The molecule has 2 N–H and O–H groups in total. The molecule has 0 fully saturated rings. The number of halogens is 2. The lowest BCUT2D eigenvalue weighted by atomic mass is 9.74. The Morgan fingerprint density at radius 1 is 0.500 bits per heavy atom. The number of hydrogen-bond acceptors (Lipinski definition) is 12. The minimum Gasteiger partial charge on any atom is -1.00 e. The van der Waals surface area contributed by atoms with E-state index in [1.54, 1.807) is 71.1 Å². The summed E-state index contributed by atoms with van der Waals surface area (Å²) in [5.74, 6) is 4.31. The molecule has 16 nitrogen and oxygen atoms in total. The van der Waals surface area contributed by atoms with Crippen molar-refractivity contribution in [1.29, 1.82) is 0 Å². The Kier molecular flexibility index (Phi) is 23.2. The molecular weight excluding hydrogens is 1020 g/mol. The number of quaternary nitrogens is 2. The second-order valence-corrected chi connectivity index (χ2v) is 20.4. The molecule has 76 heavy (non-hydrogen) atoms. The molecule has 0 bridgehead atoms. The number of ether oxygens (including phenoxy) is 10. The van der Waals surface area contributed by atoms with Crippen molar-refractivity contribution in [2.45, 2.75) is 95.6 Å². The van der Waals surface area contributed by atoms with E-state index in [4.69, 9.17) is 47.4 Å². The molecule has 4 aromatic carbocycles. The fourth-order valence-electron chi connectivity index (χ4n) is 12.0. The van der Waals surface area contributed by atoms with Gasteiger partial charge in [-0.15, -0.1) is 0 Å². The largest absolute Gasteiger partial charge is 1.00 e. The Hall–Kier alpha value is -5.68. The highest BCUT2D eigenvalue weighted by atomic mass is 35.5. The number of nitrogens with zero attached hydrogens (tertiary/aromatic N) is 2. The molecule has 0 aromatic heterocycles. The smallest absolute Gasteiger partial charge is 0.309 e. The van der Waals surface area contributed by atoms with Gasteiger partial charge in [-0.3, -0.25) is 9.59 Å². The molecule has 1 unspecified atom stereocenters. The van der Waals surface area contributed by atoms with Gasteiger partial charge in [-0.1, -0.05) is 19.3 Å². The van der Waals surface area contributed by atoms with Crippen LogP contribution in [0.25, 0.3) is 0 Å². The number of hydrogen-bond donors (Lipinski definition) is 2. The first-order valence-electron chi connectivity index (χ1n) is 25.8. The third-order valence-electron chi connectivity index (χ3n) is 16.2. The van der Waals surface area contributed by atoms with E-state index in [1.807, 2.05) is 24.3 Å². The predicted octanol–water partition coefficient (Wildman–Crippen LogP) is 3.92. The van der Waals surface area contributed by atoms with Crippen LogP contribution in [-0.2, 0) is 28.9 Å². The molecule has 0 amide bonds. The average Bonchev–Trinajstić information content (AvgIpc) is 3.40. The summed E-state index contributed by atoms with van der Waals surface area (Å²) in [4.78, 5) is 25.5. The predicted molar refractivity (Wildman–Crippen MR) is 283 cm³/mol. The van der Waals surface area contributed by atoms with Crippen LogP contribution in [0.3, 0.4) is 0 Å². The molecule has 0 saturated carbocycles. The zero-order valence-corrected chi connectivity index (χ0v) is 48.2. The Balaban J connectivity index is 0.00000624. The fourth-order valence-corrected chi connectivity index (χ4v) is 12.0. The summed E-state index contributed by atoms with van der Waals surface area (Å²) >= 11 is 0. The topological polar surface area (TPSA) is 167 Å². The number of unbranched alkanes of at least 4 members (excludes halogenated alkanes) is 3. The van der Waals surface area contributed by atoms with Crippen LogP contribution in [0.15, 0.2) is 48.5 Å². The number of benzene rings is 4. The summed E-state index contributed by atoms with van der Waals surface area (Å²) in [7, 11) is 20.8. The van der Waals surface area contributed by atoms with Crippen molar-refractivity contribution in [3.05, 3.63) is 81.9 Å². The van der Waals surface area contributed by atoms with E-state index in [1.165, 1.54) is 5.56 Å². The molecule has 0 saturated heterocycles. The molecule has 4 aromatic rings. The number of carboxylic acid groups (broad SMARTS) is 2. The first-order valence-corrected chi connectivity index (χ1v) is 25.8. The van der Waals surface area contributed by atoms with Crippen molar-refractivity contribution in [2.75, 3.05) is 111 Å². The number of likely N-dealkylation sites (N-methyl/N-ethyl adjacent to an activating group) is 2. The lowest BCUT2D eigenvalue weighted by Crippen LogP contribution is -3.00. The van der Waals surface area contributed by atoms with Crippen LogP contribution in [0.1, 0.15) is 110 Å². The molecule has 422 valence electrons. The Bertz CT molecular complexity index is 2530. The van der Waals surface area contributed by atoms with Gasteiger partial charge in [0.15, 0.2) is 46.0 Å². The van der Waals surface area contributed by atoms with Crippen molar-refractivity contribution in [1.82, 2.24) is 0 Å². The molecule has 18 heteroatoms. The van der Waals surface area contributed by atoms with Crippen LogP contribution >= 0.6 is 0 Å². The summed E-state index contributed by atoms with van der Waals surface area (Å²) < 4.78 is 59.3. The maximum Gasteiger partial charge on any atom is 0.309 e. The molecule has 2 heterocycles. The highest BCUT2D eigenvalue weighted by molar-refractivity contribution is 5.74. The lowest BCUT2D eigenvalue weighted by molar-refractivity contribution is -0.941. The van der Waals surface area contributed by atoms with Gasteiger partial charge in [0.25, 0.3) is 0 Å². The van der Waals surface area contributed by atoms with E-state index >= 15 is 0 Å². The molecule has 2 aliphatic heterocycles. The SMILES string of the molecule is COc1cc2c(cc1OC)[C@H](c1cc(OC)c(OC)c(OC)c1)[N@@+](C)(CCCC(CCCCCCC(=O)O)(CCC[N@@+]1(C)CCc3cc(OC)c(OC)cc3[C@H]1Cc1cc(OC)c(OC)c(OC)c1)C(=O)O)CC2.[Cl-].[Cl-]. The van der Waals surface area contributed by atoms with Crippen molar-refractivity contribution < 1.29 is 101 Å². The van der Waals surface area contributed by atoms with Gasteiger partial charge >= 0.3 is 11.9 Å². The van der Waals surface area contributed by atoms with Crippen LogP contribution < -0.4 is 72.2 Å². The number of carboxylic acids is 2. The van der Waals surface area contributed by atoms with Gasteiger partial charge in [-0.25, -0.2) is 0 Å². The highest BCUT2D eigenvalue weighted by Gasteiger charge is 2.45. The van der Waals surface area contributed by atoms with Crippen LogP contribution in [0, 0.1) is 5.41 Å². The number of fused-ring (bicyclic) bond motifs is 2. The fraction of sp³-hybridized carbons (Fsp3) is 0.552. The van der Waals surface area contributed by atoms with Gasteiger partial charge in [-0.05, 0) is 104 Å². The normalized spacial score (nSPS) is 19.2. The number of methoxy groups -OCH3 is 10. The summed E-state index contributed by atoms with van der Waals surface area (Å²) in [6.45, 7) is 3.04. The molecule has 2 aliphatic rings. The van der Waals surface area contributed by atoms with E-state index in [0.29, 0.717) is 124 Å². The van der Waals surface area contributed by atoms with Gasteiger partial charge in [0.2, 0.25) is 11.5 Å². The summed E-state index contributed by atoms with van der Waals surface area (Å²) in [6, 6.07) is 16.2. The summed E-state index contributed by atoms with van der Waals surface area (Å²) in [6.07, 6.45) is 7.85. The van der Waals surface area contributed by atoms with E-state index in [9.17, 15) is 19.8 Å². The second-order valence-electron chi connectivity index (χ2n) is 20.4. The van der Waals surface area contributed by atoms with E-state index in [0.717, 1.165) is 73.1 Å². The maximum absolute atomic E-state index is 14.1. The first kappa shape index (κ1) is 62.9. The minimum absolute atomic E-state index is 0. The van der Waals surface area contributed by atoms with Crippen LogP contribution in [0.4, 0.5) is 0 Å². The van der Waals surface area contributed by atoms with Crippen LogP contribution in [-0.4, -0.2) is 142 Å². The van der Waals surface area contributed by atoms with E-state index in [-0.39, 0.29) is 43.3 Å². The van der Waals surface area contributed by atoms with E-state index in [2.05, 4.69) is 38.4 Å². The third-order valence-corrected chi connectivity index (χ3v) is 16.2. The van der Waals surface area contributed by atoms with Crippen molar-refractivity contribution in [2.24, 2.45) is 5.41 Å². The van der Waals surface area contributed by atoms with Gasteiger partial charge in [-0.2, -0.15) is 0 Å². The van der Waals surface area contributed by atoms with Gasteiger partial charge in [0, 0.05) is 42.4 Å². The van der Waals surface area contributed by atoms with Crippen molar-refractivity contribution in [3.8, 4) is 57.5 Å².